The number of likely N-dealkylation sites (N-methyl/N-ethyl adjacent to an activating group) is 1. The zero-order valence-corrected chi connectivity index (χ0v) is 11.1. The van der Waals surface area contributed by atoms with E-state index in [0.29, 0.717) is 6.04 Å². The summed E-state index contributed by atoms with van der Waals surface area (Å²) in [4.78, 5) is 6.95. The van der Waals surface area contributed by atoms with Crippen LogP contribution in [0.3, 0.4) is 0 Å². The second-order valence-electron chi connectivity index (χ2n) is 5.21. The number of piperidine rings is 1. The van der Waals surface area contributed by atoms with Crippen LogP contribution in [0.2, 0.25) is 0 Å². The van der Waals surface area contributed by atoms with Crippen LogP contribution in [0.4, 0.5) is 5.82 Å². The van der Waals surface area contributed by atoms with Crippen LogP contribution in [0.15, 0.2) is 18.2 Å². The third-order valence-corrected chi connectivity index (χ3v) is 3.77. The monoisotopic (exact) mass is 233 g/mol. The lowest BCUT2D eigenvalue weighted by Gasteiger charge is -2.37. The summed E-state index contributed by atoms with van der Waals surface area (Å²) in [5, 5.41) is 3.46. The highest BCUT2D eigenvalue weighted by Gasteiger charge is 2.25. The van der Waals surface area contributed by atoms with Gasteiger partial charge in [0.15, 0.2) is 0 Å². The average Bonchev–Trinajstić information content (AvgIpc) is 2.28. The molecule has 17 heavy (non-hydrogen) atoms. The highest BCUT2D eigenvalue weighted by Crippen LogP contribution is 2.22. The van der Waals surface area contributed by atoms with Gasteiger partial charge in [-0.1, -0.05) is 13.0 Å². The number of nitrogens with one attached hydrogen (secondary N) is 1. The van der Waals surface area contributed by atoms with Crippen molar-refractivity contribution in [3.8, 4) is 0 Å². The molecule has 0 radical (unpaired) electrons. The van der Waals surface area contributed by atoms with Gasteiger partial charge in [-0.25, -0.2) is 4.98 Å². The number of nitrogens with zero attached hydrogens (tertiary/aromatic N) is 2. The Kier molecular flexibility index (Phi) is 4.00. The molecule has 0 amide bonds. The Bertz CT molecular complexity index is 354. The summed E-state index contributed by atoms with van der Waals surface area (Å²) < 4.78 is 0. The molecule has 0 aliphatic carbocycles. The topological polar surface area (TPSA) is 28.2 Å². The molecule has 2 atom stereocenters. The molecule has 94 valence electrons. The van der Waals surface area contributed by atoms with Crippen molar-refractivity contribution in [3.63, 3.8) is 0 Å². The molecule has 0 bridgehead atoms. The van der Waals surface area contributed by atoms with Gasteiger partial charge in [-0.2, -0.15) is 0 Å². The van der Waals surface area contributed by atoms with Crippen LogP contribution in [0, 0.1) is 12.8 Å². The molecule has 0 spiro atoms. The Morgan fingerprint density at radius 1 is 1.47 bits per heavy atom. The first-order valence-electron chi connectivity index (χ1n) is 6.54. The Labute approximate surface area is 104 Å². The molecule has 2 heterocycles. The zero-order chi connectivity index (χ0) is 12.3. The number of anilines is 1. The van der Waals surface area contributed by atoms with Crippen molar-refractivity contribution in [2.75, 3.05) is 25.5 Å². The summed E-state index contributed by atoms with van der Waals surface area (Å²) in [7, 11) is 2.23. The van der Waals surface area contributed by atoms with E-state index < -0.39 is 0 Å². The molecule has 1 saturated heterocycles. The number of aryl methyl sites for hydroxylation is 1. The fourth-order valence-corrected chi connectivity index (χ4v) is 2.66. The number of pyridine rings is 1. The van der Waals surface area contributed by atoms with Gasteiger partial charge in [0, 0.05) is 18.3 Å². The number of rotatable bonds is 3. The first-order chi connectivity index (χ1) is 8.16. The van der Waals surface area contributed by atoms with Crippen molar-refractivity contribution in [2.45, 2.75) is 32.7 Å². The van der Waals surface area contributed by atoms with Crippen LogP contribution in [0.25, 0.3) is 0 Å². The maximum absolute atomic E-state index is 4.48. The minimum absolute atomic E-state index is 0.631. The molecule has 1 aliphatic heterocycles. The first kappa shape index (κ1) is 12.4. The van der Waals surface area contributed by atoms with E-state index in [9.17, 15) is 0 Å². The van der Waals surface area contributed by atoms with Crippen LogP contribution >= 0.6 is 0 Å². The smallest absolute Gasteiger partial charge is 0.126 e. The van der Waals surface area contributed by atoms with Gasteiger partial charge < -0.3 is 10.2 Å². The van der Waals surface area contributed by atoms with E-state index in [-0.39, 0.29) is 0 Å². The molecule has 0 aromatic carbocycles. The largest absolute Gasteiger partial charge is 0.368 e. The van der Waals surface area contributed by atoms with Crippen LogP contribution < -0.4 is 5.32 Å². The predicted octanol–water partition coefficient (Wildman–Crippen LogP) is 2.53. The third kappa shape index (κ3) is 3.19. The lowest BCUT2D eigenvalue weighted by molar-refractivity contribution is 0.140. The normalized spacial score (nSPS) is 25.8. The van der Waals surface area contributed by atoms with Crippen LogP contribution in [-0.4, -0.2) is 36.1 Å². The molecular formula is C14H23N3. The molecule has 0 saturated carbocycles. The van der Waals surface area contributed by atoms with Crippen molar-refractivity contribution >= 4 is 5.82 Å². The Balaban J connectivity index is 1.92. The van der Waals surface area contributed by atoms with E-state index >= 15 is 0 Å². The fraction of sp³-hybridized carbons (Fsp3) is 0.643. The molecule has 3 heteroatoms. The van der Waals surface area contributed by atoms with Gasteiger partial charge >= 0.3 is 0 Å². The number of aromatic nitrogens is 1. The van der Waals surface area contributed by atoms with Crippen molar-refractivity contribution in [1.82, 2.24) is 9.88 Å². The first-order valence-corrected chi connectivity index (χ1v) is 6.54. The second-order valence-corrected chi connectivity index (χ2v) is 5.21. The summed E-state index contributed by atoms with van der Waals surface area (Å²) in [6.07, 6.45) is 2.68. The van der Waals surface area contributed by atoms with E-state index in [1.807, 2.05) is 19.1 Å². The number of hydrogen-bond acceptors (Lipinski definition) is 3. The number of hydrogen-bond donors (Lipinski definition) is 1. The molecule has 0 unspecified atom stereocenters. The van der Waals surface area contributed by atoms with Gasteiger partial charge in [0.1, 0.15) is 5.82 Å². The Morgan fingerprint density at radius 2 is 2.29 bits per heavy atom. The summed E-state index contributed by atoms with van der Waals surface area (Å²) in [6.45, 7) is 6.60. The highest BCUT2D eigenvalue weighted by atomic mass is 15.2. The van der Waals surface area contributed by atoms with Crippen molar-refractivity contribution < 1.29 is 0 Å². The zero-order valence-electron chi connectivity index (χ0n) is 11.1. The maximum atomic E-state index is 4.48. The SMILES string of the molecule is Cc1cccc(NC[C@@H]2[C@H](C)CCCN2C)n1. The second kappa shape index (κ2) is 5.50. The summed E-state index contributed by atoms with van der Waals surface area (Å²) >= 11 is 0. The van der Waals surface area contributed by atoms with Crippen molar-refractivity contribution in [2.24, 2.45) is 5.92 Å². The highest BCUT2D eigenvalue weighted by molar-refractivity contribution is 5.35. The van der Waals surface area contributed by atoms with Crippen LogP contribution in [-0.2, 0) is 0 Å². The molecule has 1 aromatic rings. The van der Waals surface area contributed by atoms with Crippen LogP contribution in [0.5, 0.6) is 0 Å². The Hall–Kier alpha value is -1.09. The fourth-order valence-electron chi connectivity index (χ4n) is 2.66. The van der Waals surface area contributed by atoms with Gasteiger partial charge in [0.2, 0.25) is 0 Å². The Morgan fingerprint density at radius 3 is 3.00 bits per heavy atom. The summed E-state index contributed by atoms with van der Waals surface area (Å²) in [6, 6.07) is 6.76. The lowest BCUT2D eigenvalue weighted by atomic mass is 9.91. The van der Waals surface area contributed by atoms with Crippen molar-refractivity contribution in [3.05, 3.63) is 23.9 Å². The minimum Gasteiger partial charge on any atom is -0.368 e. The van der Waals surface area contributed by atoms with Crippen LogP contribution in [0.1, 0.15) is 25.5 Å². The van der Waals surface area contributed by atoms with Gasteiger partial charge in [0.25, 0.3) is 0 Å². The standard InChI is InChI=1S/C14H23N3/c1-11-6-5-9-17(3)13(11)10-15-14-8-4-7-12(2)16-14/h4,7-8,11,13H,5-6,9-10H2,1-3H3,(H,15,16)/t11-,13-/m1/s1. The average molecular weight is 233 g/mol. The molecule has 1 aliphatic rings. The van der Waals surface area contributed by atoms with E-state index in [4.69, 9.17) is 0 Å². The molecule has 1 fully saturated rings. The molecule has 3 nitrogen and oxygen atoms in total. The molecule has 1 aromatic heterocycles. The minimum atomic E-state index is 0.631. The van der Waals surface area contributed by atoms with Gasteiger partial charge in [-0.05, 0) is 51.4 Å². The van der Waals surface area contributed by atoms with Gasteiger partial charge in [-0.15, -0.1) is 0 Å². The summed E-state index contributed by atoms with van der Waals surface area (Å²) in [5.74, 6) is 1.77. The molecular weight excluding hydrogens is 210 g/mol. The third-order valence-electron chi connectivity index (χ3n) is 3.77. The maximum Gasteiger partial charge on any atom is 0.126 e. The predicted molar refractivity (Wildman–Crippen MR) is 72.3 cm³/mol. The lowest BCUT2D eigenvalue weighted by Crippen LogP contribution is -2.45. The van der Waals surface area contributed by atoms with E-state index in [1.54, 1.807) is 0 Å². The molecule has 2 rings (SSSR count). The molecule has 1 N–H and O–H groups in total. The van der Waals surface area contributed by atoms with Gasteiger partial charge in [0.05, 0.1) is 0 Å². The van der Waals surface area contributed by atoms with Crippen molar-refractivity contribution in [1.29, 1.82) is 0 Å². The number of likely N-dealkylation sites (tertiary alicyclic amines) is 1. The van der Waals surface area contributed by atoms with E-state index in [1.165, 1.54) is 19.4 Å². The van der Waals surface area contributed by atoms with E-state index in [2.05, 4.69) is 35.2 Å². The quantitative estimate of drug-likeness (QED) is 0.869. The van der Waals surface area contributed by atoms with Gasteiger partial charge in [-0.3, -0.25) is 0 Å². The summed E-state index contributed by atoms with van der Waals surface area (Å²) in [5.41, 5.74) is 1.07. The van der Waals surface area contributed by atoms with E-state index in [0.717, 1.165) is 24.0 Å².